The molecule has 1 aliphatic rings. The van der Waals surface area contributed by atoms with Gasteiger partial charge in [0.05, 0.1) is 7.11 Å². The zero-order valence-corrected chi connectivity index (χ0v) is 11.6. The number of benzene rings is 1. The summed E-state index contributed by atoms with van der Waals surface area (Å²) >= 11 is 0. The highest BCUT2D eigenvalue weighted by atomic mass is 16.5. The van der Waals surface area contributed by atoms with Gasteiger partial charge in [-0.1, -0.05) is 6.07 Å². The van der Waals surface area contributed by atoms with Crippen molar-refractivity contribution >= 4 is 22.5 Å². The Labute approximate surface area is 117 Å². The van der Waals surface area contributed by atoms with Gasteiger partial charge in [0.2, 0.25) is 5.91 Å². The molecular weight excluding hydrogens is 254 g/mol. The zero-order valence-electron chi connectivity index (χ0n) is 11.6. The predicted octanol–water partition coefficient (Wildman–Crippen LogP) is 1.89. The van der Waals surface area contributed by atoms with Crippen LogP contribution in [0, 0.1) is 0 Å². The number of nitrogens with zero attached hydrogens (tertiary/aromatic N) is 2. The van der Waals surface area contributed by atoms with E-state index in [4.69, 9.17) is 4.74 Å². The van der Waals surface area contributed by atoms with Crippen molar-refractivity contribution in [2.45, 2.75) is 12.5 Å². The number of hydrogen-bond donors (Lipinski definition) is 1. The number of ether oxygens (including phenoxy) is 1. The Hall–Kier alpha value is -2.30. The molecule has 104 valence electrons. The number of rotatable bonds is 3. The van der Waals surface area contributed by atoms with Gasteiger partial charge in [-0.05, 0) is 30.0 Å². The Kier molecular flexibility index (Phi) is 3.18. The van der Waals surface area contributed by atoms with Crippen LogP contribution in [0.1, 0.15) is 6.42 Å². The first-order chi connectivity index (χ1) is 9.69. The van der Waals surface area contributed by atoms with Gasteiger partial charge < -0.3 is 15.0 Å². The Bertz CT molecular complexity index is 657. The summed E-state index contributed by atoms with van der Waals surface area (Å²) < 4.78 is 5.25. The number of nitrogens with one attached hydrogen (secondary N) is 1. The number of carbonyl (C=O) groups is 1. The Morgan fingerprint density at radius 3 is 2.95 bits per heavy atom. The summed E-state index contributed by atoms with van der Waals surface area (Å²) in [6, 6.07) is 7.60. The number of amides is 1. The second kappa shape index (κ2) is 5.00. The topological polar surface area (TPSA) is 54.5 Å². The molecule has 1 aromatic carbocycles. The molecule has 1 N–H and O–H groups in total. The Morgan fingerprint density at radius 1 is 1.40 bits per heavy atom. The quantitative estimate of drug-likeness (QED) is 0.926. The molecule has 2 heterocycles. The van der Waals surface area contributed by atoms with Gasteiger partial charge in [0, 0.05) is 25.2 Å². The minimum atomic E-state index is -0.190. The molecule has 0 bridgehead atoms. The van der Waals surface area contributed by atoms with Crippen molar-refractivity contribution in [3.8, 4) is 5.75 Å². The standard InChI is InChI=1S/C15H17N3O2/c1-18-8-6-13(15(18)19)17-14-12-9-11(20-2)4-3-10(12)5-7-16-14/h3-5,7,9,13H,6,8H2,1-2H3,(H,16,17). The summed E-state index contributed by atoms with van der Waals surface area (Å²) in [7, 11) is 3.46. The van der Waals surface area contributed by atoms with Crippen molar-refractivity contribution in [3.63, 3.8) is 0 Å². The van der Waals surface area contributed by atoms with Crippen molar-refractivity contribution < 1.29 is 9.53 Å². The lowest BCUT2D eigenvalue weighted by Crippen LogP contribution is -2.31. The molecule has 0 saturated carbocycles. The van der Waals surface area contributed by atoms with Crippen LogP contribution in [0.2, 0.25) is 0 Å². The third kappa shape index (κ3) is 2.15. The van der Waals surface area contributed by atoms with Crippen LogP contribution in [0.15, 0.2) is 30.5 Å². The van der Waals surface area contributed by atoms with Crippen molar-refractivity contribution in [1.82, 2.24) is 9.88 Å². The van der Waals surface area contributed by atoms with E-state index in [1.54, 1.807) is 18.2 Å². The lowest BCUT2D eigenvalue weighted by Gasteiger charge is -2.14. The van der Waals surface area contributed by atoms with Crippen LogP contribution in [0.25, 0.3) is 10.8 Å². The first kappa shape index (κ1) is 12.7. The van der Waals surface area contributed by atoms with Gasteiger partial charge in [0.25, 0.3) is 0 Å². The van der Waals surface area contributed by atoms with Crippen LogP contribution in [0.3, 0.4) is 0 Å². The minimum absolute atomic E-state index is 0.117. The Balaban J connectivity index is 1.96. The van der Waals surface area contributed by atoms with Gasteiger partial charge in [0.1, 0.15) is 17.6 Å². The van der Waals surface area contributed by atoms with Crippen molar-refractivity contribution in [1.29, 1.82) is 0 Å². The number of fused-ring (bicyclic) bond motifs is 1. The molecule has 1 unspecified atom stereocenters. The molecule has 5 nitrogen and oxygen atoms in total. The first-order valence-electron chi connectivity index (χ1n) is 6.63. The third-order valence-corrected chi connectivity index (χ3v) is 3.71. The number of methoxy groups -OCH3 is 1. The fourth-order valence-electron chi connectivity index (χ4n) is 2.51. The van der Waals surface area contributed by atoms with Crippen LogP contribution in [-0.4, -0.2) is 42.5 Å². The van der Waals surface area contributed by atoms with Crippen LogP contribution in [0.5, 0.6) is 5.75 Å². The number of pyridine rings is 1. The predicted molar refractivity (Wildman–Crippen MR) is 78.0 cm³/mol. The summed E-state index contributed by atoms with van der Waals surface area (Å²) in [6.45, 7) is 0.782. The average Bonchev–Trinajstić information content (AvgIpc) is 2.79. The van der Waals surface area contributed by atoms with Crippen LogP contribution < -0.4 is 10.1 Å². The SMILES string of the molecule is COc1ccc2ccnc(NC3CCN(C)C3=O)c2c1. The lowest BCUT2D eigenvalue weighted by atomic mass is 10.1. The monoisotopic (exact) mass is 271 g/mol. The molecular formula is C15H17N3O2. The van der Waals surface area contributed by atoms with Gasteiger partial charge in [-0.25, -0.2) is 4.98 Å². The van der Waals surface area contributed by atoms with Crippen molar-refractivity contribution in [2.24, 2.45) is 0 Å². The van der Waals surface area contributed by atoms with E-state index >= 15 is 0 Å². The van der Waals surface area contributed by atoms with Gasteiger partial charge >= 0.3 is 0 Å². The van der Waals surface area contributed by atoms with Crippen LogP contribution in [0.4, 0.5) is 5.82 Å². The second-order valence-corrected chi connectivity index (χ2v) is 4.99. The largest absolute Gasteiger partial charge is 0.497 e. The normalized spacial score (nSPS) is 18.6. The van der Waals surface area contributed by atoms with Gasteiger partial charge in [0.15, 0.2) is 0 Å². The number of carbonyl (C=O) groups excluding carboxylic acids is 1. The zero-order chi connectivity index (χ0) is 14.1. The molecule has 0 spiro atoms. The molecule has 2 aromatic rings. The molecule has 1 amide bonds. The number of likely N-dealkylation sites (N-methyl/N-ethyl adjacent to an activating group) is 1. The fourth-order valence-corrected chi connectivity index (χ4v) is 2.51. The molecule has 1 aromatic heterocycles. The molecule has 1 fully saturated rings. The van der Waals surface area contributed by atoms with E-state index < -0.39 is 0 Å². The van der Waals surface area contributed by atoms with Gasteiger partial charge in [-0.3, -0.25) is 4.79 Å². The minimum Gasteiger partial charge on any atom is -0.497 e. The molecule has 1 saturated heterocycles. The highest BCUT2D eigenvalue weighted by molar-refractivity contribution is 5.95. The number of hydrogen-bond acceptors (Lipinski definition) is 4. The molecule has 1 atom stereocenters. The summed E-state index contributed by atoms with van der Waals surface area (Å²) in [5.41, 5.74) is 0. The molecule has 0 radical (unpaired) electrons. The second-order valence-electron chi connectivity index (χ2n) is 4.99. The van der Waals surface area contributed by atoms with E-state index in [0.29, 0.717) is 0 Å². The van der Waals surface area contributed by atoms with Gasteiger partial charge in [-0.15, -0.1) is 0 Å². The van der Waals surface area contributed by atoms with E-state index in [0.717, 1.165) is 35.3 Å². The molecule has 20 heavy (non-hydrogen) atoms. The third-order valence-electron chi connectivity index (χ3n) is 3.71. The fraction of sp³-hybridized carbons (Fsp3) is 0.333. The highest BCUT2D eigenvalue weighted by Crippen LogP contribution is 2.27. The number of likely N-dealkylation sites (tertiary alicyclic amines) is 1. The van der Waals surface area contributed by atoms with Crippen molar-refractivity contribution in [2.75, 3.05) is 26.0 Å². The van der Waals surface area contributed by atoms with Gasteiger partial charge in [-0.2, -0.15) is 0 Å². The smallest absolute Gasteiger partial charge is 0.244 e. The van der Waals surface area contributed by atoms with Crippen LogP contribution >= 0.6 is 0 Å². The van der Waals surface area contributed by atoms with Crippen molar-refractivity contribution in [3.05, 3.63) is 30.5 Å². The van der Waals surface area contributed by atoms with E-state index in [-0.39, 0.29) is 11.9 Å². The molecule has 0 aliphatic carbocycles. The Morgan fingerprint density at radius 2 is 2.25 bits per heavy atom. The molecule has 5 heteroatoms. The van der Waals surface area contributed by atoms with E-state index in [9.17, 15) is 4.79 Å². The highest BCUT2D eigenvalue weighted by Gasteiger charge is 2.29. The van der Waals surface area contributed by atoms with E-state index in [2.05, 4.69) is 10.3 Å². The summed E-state index contributed by atoms with van der Waals surface area (Å²) in [5.74, 6) is 1.63. The number of anilines is 1. The maximum atomic E-state index is 12.0. The van der Waals surface area contributed by atoms with Crippen LogP contribution in [-0.2, 0) is 4.79 Å². The maximum Gasteiger partial charge on any atom is 0.244 e. The summed E-state index contributed by atoms with van der Waals surface area (Å²) in [4.78, 5) is 18.1. The van der Waals surface area contributed by atoms with E-state index in [1.807, 2.05) is 31.3 Å². The van der Waals surface area contributed by atoms with E-state index in [1.165, 1.54) is 0 Å². The lowest BCUT2D eigenvalue weighted by molar-refractivity contribution is -0.127. The first-order valence-corrected chi connectivity index (χ1v) is 6.63. The summed E-state index contributed by atoms with van der Waals surface area (Å²) in [5, 5.41) is 5.30. The maximum absolute atomic E-state index is 12.0. The summed E-state index contributed by atoms with van der Waals surface area (Å²) in [6.07, 6.45) is 2.55. The average molecular weight is 271 g/mol. The molecule has 3 rings (SSSR count). The molecule has 1 aliphatic heterocycles. The number of aromatic nitrogens is 1.